The lowest BCUT2D eigenvalue weighted by molar-refractivity contribution is -0.150. The van der Waals surface area contributed by atoms with Crippen LogP contribution in [-0.4, -0.2) is 49.6 Å². The summed E-state index contributed by atoms with van der Waals surface area (Å²) >= 11 is 0. The molecule has 1 atom stereocenters. The highest BCUT2D eigenvalue weighted by Crippen LogP contribution is 2.15. The molecule has 0 aliphatic heterocycles. The first-order valence-corrected chi connectivity index (χ1v) is 20.2. The molecule has 0 spiro atoms. The number of esters is 1. The molecule has 0 aliphatic carbocycles. The van der Waals surface area contributed by atoms with Crippen LogP contribution in [0.4, 0.5) is 0 Å². The molecule has 0 saturated heterocycles. The van der Waals surface area contributed by atoms with Gasteiger partial charge in [0.2, 0.25) is 0 Å². The standard InChI is InChI=1S/C40H78O6/c1-3-5-7-9-11-13-15-17-19-21-23-25-27-29-34-44-36-38(37-46-40(43)33-31-32-39(41)42)45-35-30-28-26-24-22-20-18-16-14-12-10-8-6-4-2/h38H,3-37H2,1-2H3,(H,41,42). The monoisotopic (exact) mass is 655 g/mol. The fourth-order valence-corrected chi connectivity index (χ4v) is 5.95. The zero-order chi connectivity index (χ0) is 33.6. The van der Waals surface area contributed by atoms with Gasteiger partial charge in [-0.2, -0.15) is 0 Å². The van der Waals surface area contributed by atoms with Gasteiger partial charge in [-0.15, -0.1) is 0 Å². The van der Waals surface area contributed by atoms with Gasteiger partial charge >= 0.3 is 11.9 Å². The van der Waals surface area contributed by atoms with Gasteiger partial charge < -0.3 is 19.3 Å². The number of ether oxygens (including phenoxy) is 3. The molecule has 46 heavy (non-hydrogen) atoms. The van der Waals surface area contributed by atoms with Crippen molar-refractivity contribution < 1.29 is 28.9 Å². The second-order valence-corrected chi connectivity index (χ2v) is 13.7. The quantitative estimate of drug-likeness (QED) is 0.0524. The van der Waals surface area contributed by atoms with E-state index in [9.17, 15) is 9.59 Å². The molecular weight excluding hydrogens is 576 g/mol. The number of carbonyl (C=O) groups is 2. The normalized spacial score (nSPS) is 12.0. The Morgan fingerprint density at radius 3 is 1.22 bits per heavy atom. The van der Waals surface area contributed by atoms with Crippen LogP contribution in [0.2, 0.25) is 0 Å². The molecule has 0 aromatic rings. The van der Waals surface area contributed by atoms with Crippen LogP contribution in [-0.2, 0) is 23.8 Å². The van der Waals surface area contributed by atoms with Crippen LogP contribution in [0, 0.1) is 0 Å². The summed E-state index contributed by atoms with van der Waals surface area (Å²) < 4.78 is 17.4. The lowest BCUT2D eigenvalue weighted by Gasteiger charge is -2.18. The zero-order valence-corrected chi connectivity index (χ0v) is 30.8. The predicted octanol–water partition coefficient (Wildman–Crippen LogP) is 12.1. The number of unbranched alkanes of at least 4 members (excludes halogenated alkanes) is 26. The van der Waals surface area contributed by atoms with E-state index in [1.54, 1.807) is 0 Å². The largest absolute Gasteiger partial charge is 0.481 e. The van der Waals surface area contributed by atoms with Gasteiger partial charge in [-0.1, -0.05) is 181 Å². The smallest absolute Gasteiger partial charge is 0.305 e. The van der Waals surface area contributed by atoms with Crippen molar-refractivity contribution in [3.05, 3.63) is 0 Å². The fourth-order valence-electron chi connectivity index (χ4n) is 5.95. The summed E-state index contributed by atoms with van der Waals surface area (Å²) in [6, 6.07) is 0. The molecule has 0 aromatic heterocycles. The number of hydrogen-bond acceptors (Lipinski definition) is 5. The second-order valence-electron chi connectivity index (χ2n) is 13.7. The Morgan fingerprint density at radius 1 is 0.457 bits per heavy atom. The zero-order valence-electron chi connectivity index (χ0n) is 30.8. The molecule has 274 valence electrons. The highest BCUT2D eigenvalue weighted by Gasteiger charge is 2.14. The third-order valence-electron chi connectivity index (χ3n) is 9.00. The summed E-state index contributed by atoms with van der Waals surface area (Å²) in [5, 5.41) is 8.79. The maximum absolute atomic E-state index is 12.1. The van der Waals surface area contributed by atoms with E-state index in [1.165, 1.54) is 167 Å². The van der Waals surface area contributed by atoms with E-state index >= 15 is 0 Å². The molecule has 6 heteroatoms. The molecule has 0 aromatic carbocycles. The van der Waals surface area contributed by atoms with Crippen LogP contribution in [0.1, 0.15) is 213 Å². The lowest BCUT2D eigenvalue weighted by atomic mass is 10.0. The third kappa shape index (κ3) is 37.3. The minimum atomic E-state index is -0.890. The Labute approximate surface area is 285 Å². The fraction of sp³-hybridized carbons (Fsp3) is 0.950. The van der Waals surface area contributed by atoms with Crippen molar-refractivity contribution in [1.82, 2.24) is 0 Å². The Morgan fingerprint density at radius 2 is 0.826 bits per heavy atom. The maximum atomic E-state index is 12.1. The van der Waals surface area contributed by atoms with Gasteiger partial charge in [0.1, 0.15) is 12.7 Å². The van der Waals surface area contributed by atoms with Crippen molar-refractivity contribution >= 4 is 11.9 Å². The number of carboxylic acids is 1. The van der Waals surface area contributed by atoms with E-state index in [-0.39, 0.29) is 31.5 Å². The van der Waals surface area contributed by atoms with Gasteiger partial charge in [-0.3, -0.25) is 9.59 Å². The van der Waals surface area contributed by atoms with Crippen molar-refractivity contribution in [3.63, 3.8) is 0 Å². The molecule has 1 N–H and O–H groups in total. The average Bonchev–Trinajstić information content (AvgIpc) is 3.04. The van der Waals surface area contributed by atoms with Gasteiger partial charge in [0.15, 0.2) is 0 Å². The predicted molar refractivity (Wildman–Crippen MR) is 194 cm³/mol. The number of aliphatic carboxylic acids is 1. The van der Waals surface area contributed by atoms with E-state index < -0.39 is 5.97 Å². The Kier molecular flexibility index (Phi) is 37.4. The molecule has 0 aliphatic rings. The van der Waals surface area contributed by atoms with Gasteiger partial charge in [-0.05, 0) is 19.3 Å². The van der Waals surface area contributed by atoms with Crippen LogP contribution >= 0.6 is 0 Å². The molecular formula is C40H78O6. The van der Waals surface area contributed by atoms with E-state index in [4.69, 9.17) is 19.3 Å². The number of rotatable bonds is 39. The summed E-state index contributed by atoms with van der Waals surface area (Å²) in [5.41, 5.74) is 0. The van der Waals surface area contributed by atoms with Crippen LogP contribution in [0.15, 0.2) is 0 Å². The summed E-state index contributed by atoms with van der Waals surface area (Å²) in [6.45, 7) is 6.52. The topological polar surface area (TPSA) is 82.1 Å². The average molecular weight is 655 g/mol. The third-order valence-corrected chi connectivity index (χ3v) is 9.00. The van der Waals surface area contributed by atoms with Crippen LogP contribution < -0.4 is 0 Å². The first-order valence-electron chi connectivity index (χ1n) is 20.2. The van der Waals surface area contributed by atoms with Crippen molar-refractivity contribution in [2.24, 2.45) is 0 Å². The molecule has 0 fully saturated rings. The Hall–Kier alpha value is -1.14. The van der Waals surface area contributed by atoms with Crippen molar-refractivity contribution in [2.75, 3.05) is 26.4 Å². The van der Waals surface area contributed by atoms with E-state index in [0.717, 1.165) is 12.8 Å². The molecule has 0 bridgehead atoms. The molecule has 6 nitrogen and oxygen atoms in total. The highest BCUT2D eigenvalue weighted by atomic mass is 16.6. The minimum Gasteiger partial charge on any atom is -0.481 e. The van der Waals surface area contributed by atoms with Crippen LogP contribution in [0.5, 0.6) is 0 Å². The van der Waals surface area contributed by atoms with E-state index in [1.807, 2.05) is 0 Å². The molecule has 0 amide bonds. The number of hydrogen-bond donors (Lipinski definition) is 1. The van der Waals surface area contributed by atoms with E-state index in [0.29, 0.717) is 26.2 Å². The maximum Gasteiger partial charge on any atom is 0.305 e. The van der Waals surface area contributed by atoms with Crippen LogP contribution in [0.25, 0.3) is 0 Å². The summed E-state index contributed by atoms with van der Waals surface area (Å²) in [4.78, 5) is 22.8. The number of carbonyl (C=O) groups excluding carboxylic acids is 1. The Balaban J connectivity index is 3.90. The van der Waals surface area contributed by atoms with Crippen molar-refractivity contribution in [1.29, 1.82) is 0 Å². The lowest BCUT2D eigenvalue weighted by Crippen LogP contribution is -2.28. The van der Waals surface area contributed by atoms with E-state index in [2.05, 4.69) is 13.8 Å². The summed E-state index contributed by atoms with van der Waals surface area (Å²) in [5.74, 6) is -1.25. The SMILES string of the molecule is CCCCCCCCCCCCCCCCOCC(COC(=O)CCCC(=O)O)OCCCCCCCCCCCCCCCC. The number of carboxylic acid groups (broad SMARTS) is 1. The molecule has 1 unspecified atom stereocenters. The van der Waals surface area contributed by atoms with Gasteiger partial charge in [0, 0.05) is 26.1 Å². The second kappa shape index (κ2) is 38.3. The van der Waals surface area contributed by atoms with Gasteiger partial charge in [0.05, 0.1) is 6.61 Å². The molecule has 0 saturated carbocycles. The van der Waals surface area contributed by atoms with Gasteiger partial charge in [0.25, 0.3) is 0 Å². The first kappa shape index (κ1) is 44.9. The van der Waals surface area contributed by atoms with Crippen LogP contribution in [0.3, 0.4) is 0 Å². The van der Waals surface area contributed by atoms with Crippen molar-refractivity contribution in [2.45, 2.75) is 219 Å². The highest BCUT2D eigenvalue weighted by molar-refractivity contribution is 5.71. The molecule has 0 radical (unpaired) electrons. The van der Waals surface area contributed by atoms with Gasteiger partial charge in [-0.25, -0.2) is 0 Å². The first-order chi connectivity index (χ1) is 22.6. The van der Waals surface area contributed by atoms with Crippen molar-refractivity contribution in [3.8, 4) is 0 Å². The Bertz CT molecular complexity index is 625. The summed E-state index contributed by atoms with van der Waals surface area (Å²) in [7, 11) is 0. The summed E-state index contributed by atoms with van der Waals surface area (Å²) in [6.07, 6.45) is 37.5. The molecule has 0 heterocycles. The minimum absolute atomic E-state index is 0.0174. The molecule has 0 rings (SSSR count).